The Labute approximate surface area is 138 Å². The van der Waals surface area contributed by atoms with Gasteiger partial charge in [0.15, 0.2) is 0 Å². The molecular weight excluding hydrogens is 337 g/mol. The molecule has 0 bridgehead atoms. The van der Waals surface area contributed by atoms with Crippen molar-refractivity contribution >= 4 is 32.8 Å². The van der Waals surface area contributed by atoms with Gasteiger partial charge in [0.05, 0.1) is 9.92 Å². The molecule has 2 aromatic carbocycles. The third-order valence-corrected chi connectivity index (χ3v) is 4.88. The van der Waals surface area contributed by atoms with Gasteiger partial charge in [-0.25, -0.2) is 17.9 Å². The second-order valence-electron chi connectivity index (χ2n) is 5.17. The van der Waals surface area contributed by atoms with Crippen LogP contribution in [0.2, 0.25) is 5.02 Å². The molecule has 0 aromatic heterocycles. The van der Waals surface area contributed by atoms with Gasteiger partial charge in [-0.1, -0.05) is 42.0 Å². The van der Waals surface area contributed by atoms with E-state index in [-0.39, 0.29) is 9.92 Å². The second kappa shape index (κ2) is 5.92. The van der Waals surface area contributed by atoms with Crippen molar-refractivity contribution in [2.45, 2.75) is 11.3 Å². The molecule has 0 atom stereocenters. The molecule has 1 aliphatic rings. The molecule has 0 heterocycles. The summed E-state index contributed by atoms with van der Waals surface area (Å²) in [5, 5.41) is 5.17. The smallest absolute Gasteiger partial charge is 0.225 e. The Balaban J connectivity index is 1.97. The predicted octanol–water partition coefficient (Wildman–Crippen LogP) is 4.00. The van der Waals surface area contributed by atoms with Gasteiger partial charge in [0.2, 0.25) is 10.0 Å². The Morgan fingerprint density at radius 1 is 0.957 bits per heavy atom. The van der Waals surface area contributed by atoms with Crippen LogP contribution in [0.1, 0.15) is 17.5 Å². The average molecular weight is 350 g/mol. The number of sulfonamides is 1. The van der Waals surface area contributed by atoms with E-state index in [1.165, 1.54) is 18.2 Å². The first-order valence-corrected chi connectivity index (χ1v) is 8.78. The fourth-order valence-electron chi connectivity index (χ4n) is 2.55. The molecule has 0 spiro atoms. The van der Waals surface area contributed by atoms with Crippen LogP contribution in [-0.2, 0) is 10.0 Å². The van der Waals surface area contributed by atoms with Gasteiger partial charge >= 0.3 is 0 Å². The minimum atomic E-state index is -3.71. The molecule has 3 nitrogen and oxygen atoms in total. The third kappa shape index (κ3) is 3.22. The minimum Gasteiger partial charge on any atom is -0.225 e. The van der Waals surface area contributed by atoms with Crippen LogP contribution >= 0.6 is 11.6 Å². The summed E-state index contributed by atoms with van der Waals surface area (Å²) in [7, 11) is -3.71. The SMILES string of the molecule is NS(=O)(=O)c1ccc(C2=CCC=C2c2ccc(F)c(Cl)c2)cc1. The number of allylic oxidation sites excluding steroid dienone is 4. The molecule has 3 rings (SSSR count). The molecule has 0 fully saturated rings. The van der Waals surface area contributed by atoms with Gasteiger partial charge in [-0.2, -0.15) is 0 Å². The Morgan fingerprint density at radius 3 is 2.09 bits per heavy atom. The van der Waals surface area contributed by atoms with Crippen LogP contribution in [0.25, 0.3) is 11.1 Å². The molecule has 0 unspecified atom stereocenters. The average Bonchev–Trinajstić information content (AvgIpc) is 2.99. The largest absolute Gasteiger partial charge is 0.238 e. The van der Waals surface area contributed by atoms with Crippen molar-refractivity contribution in [3.05, 3.63) is 76.6 Å². The molecule has 2 N–H and O–H groups in total. The maximum absolute atomic E-state index is 13.3. The zero-order valence-electron chi connectivity index (χ0n) is 12.0. The van der Waals surface area contributed by atoms with Gasteiger partial charge in [-0.05, 0) is 53.0 Å². The van der Waals surface area contributed by atoms with Crippen molar-refractivity contribution in [1.29, 1.82) is 0 Å². The summed E-state index contributed by atoms with van der Waals surface area (Å²) in [5.41, 5.74) is 3.57. The van der Waals surface area contributed by atoms with Crippen LogP contribution in [0.4, 0.5) is 4.39 Å². The highest BCUT2D eigenvalue weighted by Crippen LogP contribution is 2.37. The van der Waals surface area contributed by atoms with Crippen molar-refractivity contribution in [2.75, 3.05) is 0 Å². The van der Waals surface area contributed by atoms with Gasteiger partial charge in [0.1, 0.15) is 5.82 Å². The van der Waals surface area contributed by atoms with Crippen LogP contribution in [0.15, 0.2) is 59.5 Å². The molecule has 0 saturated heterocycles. The molecule has 0 amide bonds. The summed E-state index contributed by atoms with van der Waals surface area (Å²) < 4.78 is 36.0. The van der Waals surface area contributed by atoms with E-state index in [4.69, 9.17) is 16.7 Å². The molecule has 1 aliphatic carbocycles. The Bertz CT molecular complexity index is 932. The van der Waals surface area contributed by atoms with E-state index >= 15 is 0 Å². The number of rotatable bonds is 3. The maximum atomic E-state index is 13.3. The Morgan fingerprint density at radius 2 is 1.52 bits per heavy atom. The first-order valence-electron chi connectivity index (χ1n) is 6.85. The predicted molar refractivity (Wildman–Crippen MR) is 89.8 cm³/mol. The molecule has 23 heavy (non-hydrogen) atoms. The number of hydrogen-bond acceptors (Lipinski definition) is 2. The lowest BCUT2D eigenvalue weighted by Gasteiger charge is -2.11. The quantitative estimate of drug-likeness (QED) is 0.910. The normalized spacial score (nSPS) is 14.6. The van der Waals surface area contributed by atoms with Gasteiger partial charge in [0.25, 0.3) is 0 Å². The third-order valence-electron chi connectivity index (χ3n) is 3.66. The molecule has 0 aliphatic heterocycles. The fourth-order valence-corrected chi connectivity index (χ4v) is 3.25. The number of hydrogen-bond donors (Lipinski definition) is 1. The van der Waals surface area contributed by atoms with E-state index in [0.717, 1.165) is 28.7 Å². The Hall–Kier alpha value is -1.95. The van der Waals surface area contributed by atoms with Crippen molar-refractivity contribution < 1.29 is 12.8 Å². The summed E-state index contributed by atoms with van der Waals surface area (Å²) in [6.07, 6.45) is 4.79. The van der Waals surface area contributed by atoms with Gasteiger partial charge < -0.3 is 0 Å². The lowest BCUT2D eigenvalue weighted by molar-refractivity contribution is 0.598. The molecule has 6 heteroatoms. The first kappa shape index (κ1) is 15.9. The molecule has 0 saturated carbocycles. The number of nitrogens with two attached hydrogens (primary N) is 1. The van der Waals surface area contributed by atoms with E-state index in [0.29, 0.717) is 0 Å². The summed E-state index contributed by atoms with van der Waals surface area (Å²) in [6.45, 7) is 0. The number of primary sulfonamides is 1. The van der Waals surface area contributed by atoms with Crippen molar-refractivity contribution in [1.82, 2.24) is 0 Å². The summed E-state index contributed by atoms with van der Waals surface area (Å²) >= 11 is 5.85. The maximum Gasteiger partial charge on any atom is 0.238 e. The molecular formula is C17H13ClFNO2S. The lowest BCUT2D eigenvalue weighted by atomic mass is 9.95. The zero-order chi connectivity index (χ0) is 16.6. The summed E-state index contributed by atoms with van der Waals surface area (Å²) in [6, 6.07) is 10.9. The Kier molecular flexibility index (Phi) is 4.10. The monoisotopic (exact) mass is 349 g/mol. The minimum absolute atomic E-state index is 0.0650. The first-order chi connectivity index (χ1) is 10.9. The molecule has 2 aromatic rings. The standard InChI is InChI=1S/C17H13ClFNO2S/c18-16-10-12(6-9-17(16)19)15-3-1-2-14(15)11-4-7-13(8-5-11)23(20,21)22/h2-10H,1H2,(H2,20,21,22). The van der Waals surface area contributed by atoms with Crippen LogP contribution in [0.3, 0.4) is 0 Å². The van der Waals surface area contributed by atoms with E-state index in [1.807, 2.05) is 12.2 Å². The highest BCUT2D eigenvalue weighted by molar-refractivity contribution is 7.89. The van der Waals surface area contributed by atoms with Crippen LogP contribution in [-0.4, -0.2) is 8.42 Å². The highest BCUT2D eigenvalue weighted by atomic mass is 35.5. The lowest BCUT2D eigenvalue weighted by Crippen LogP contribution is -2.11. The summed E-state index contributed by atoms with van der Waals surface area (Å²) in [5.74, 6) is -0.461. The van der Waals surface area contributed by atoms with Gasteiger partial charge in [-0.3, -0.25) is 0 Å². The van der Waals surface area contributed by atoms with Crippen LogP contribution < -0.4 is 5.14 Å². The summed E-state index contributed by atoms with van der Waals surface area (Å²) in [4.78, 5) is 0.0650. The van der Waals surface area contributed by atoms with Crippen molar-refractivity contribution in [2.24, 2.45) is 5.14 Å². The number of benzene rings is 2. The number of halogens is 2. The van der Waals surface area contributed by atoms with Crippen LogP contribution in [0, 0.1) is 5.82 Å². The molecule has 118 valence electrons. The highest BCUT2D eigenvalue weighted by Gasteiger charge is 2.16. The van der Waals surface area contributed by atoms with E-state index in [1.54, 1.807) is 24.3 Å². The van der Waals surface area contributed by atoms with E-state index in [2.05, 4.69) is 0 Å². The van der Waals surface area contributed by atoms with Gasteiger partial charge in [-0.15, -0.1) is 0 Å². The van der Waals surface area contributed by atoms with Gasteiger partial charge in [0, 0.05) is 0 Å². The topological polar surface area (TPSA) is 60.2 Å². The van der Waals surface area contributed by atoms with Crippen LogP contribution in [0.5, 0.6) is 0 Å². The molecule has 0 radical (unpaired) electrons. The fraction of sp³-hybridized carbons (Fsp3) is 0.0588. The second-order valence-corrected chi connectivity index (χ2v) is 7.14. The van der Waals surface area contributed by atoms with E-state index in [9.17, 15) is 12.8 Å². The van der Waals surface area contributed by atoms with E-state index < -0.39 is 15.8 Å². The van der Waals surface area contributed by atoms with Crippen molar-refractivity contribution in [3.8, 4) is 0 Å². The van der Waals surface area contributed by atoms with Crippen molar-refractivity contribution in [3.63, 3.8) is 0 Å². The zero-order valence-corrected chi connectivity index (χ0v) is 13.5.